The molecule has 2 aromatic carbocycles. The zero-order valence-electron chi connectivity index (χ0n) is 13.4. The van der Waals surface area contributed by atoms with E-state index in [2.05, 4.69) is 5.32 Å². The second kappa shape index (κ2) is 7.95. The number of carbonyl (C=O) groups is 2. The Morgan fingerprint density at radius 1 is 1.21 bits per heavy atom. The van der Waals surface area contributed by atoms with Crippen molar-refractivity contribution in [3.8, 4) is 0 Å². The van der Waals surface area contributed by atoms with Crippen molar-refractivity contribution in [3.63, 3.8) is 0 Å². The molecule has 2 rings (SSSR count). The Labute approximate surface area is 145 Å². The van der Waals surface area contributed by atoms with Crippen LogP contribution < -0.4 is 5.32 Å². The lowest BCUT2D eigenvalue weighted by Crippen LogP contribution is -2.30. The minimum absolute atomic E-state index is 0.104. The molecule has 0 saturated heterocycles. The van der Waals surface area contributed by atoms with Gasteiger partial charge in [0.25, 0.3) is 5.91 Å². The zero-order chi connectivity index (χ0) is 17.7. The number of amides is 1. The molecule has 0 aliphatic rings. The summed E-state index contributed by atoms with van der Waals surface area (Å²) in [6.07, 6.45) is -0.964. The van der Waals surface area contributed by atoms with Crippen LogP contribution in [0.3, 0.4) is 0 Å². The molecule has 0 aliphatic heterocycles. The van der Waals surface area contributed by atoms with Crippen molar-refractivity contribution in [3.05, 3.63) is 64.2 Å². The molecule has 2 aromatic rings. The summed E-state index contributed by atoms with van der Waals surface area (Å²) < 4.78 is 5.17. The van der Waals surface area contributed by atoms with Crippen LogP contribution in [-0.4, -0.2) is 23.1 Å². The molecule has 126 valence electrons. The number of hydrogen-bond acceptors (Lipinski definition) is 4. The quantitative estimate of drug-likeness (QED) is 0.813. The van der Waals surface area contributed by atoms with Crippen molar-refractivity contribution in [1.82, 2.24) is 0 Å². The number of aliphatic hydroxyl groups excluding tert-OH is 1. The molecule has 0 aromatic heterocycles. The van der Waals surface area contributed by atoms with Crippen molar-refractivity contribution in [1.29, 1.82) is 0 Å². The molecule has 5 nitrogen and oxygen atoms in total. The fourth-order valence-electron chi connectivity index (χ4n) is 2.01. The third kappa shape index (κ3) is 4.34. The number of ether oxygens (including phenoxy) is 1. The molecule has 6 heteroatoms. The van der Waals surface area contributed by atoms with Gasteiger partial charge in [0.05, 0.1) is 12.2 Å². The van der Waals surface area contributed by atoms with Crippen LogP contribution in [0.15, 0.2) is 42.5 Å². The summed E-state index contributed by atoms with van der Waals surface area (Å²) in [4.78, 5) is 24.2. The average Bonchev–Trinajstić information content (AvgIpc) is 2.58. The molecule has 0 radical (unpaired) electrons. The summed E-state index contributed by atoms with van der Waals surface area (Å²) in [7, 11) is 0. The lowest BCUT2D eigenvalue weighted by molar-refractivity contribution is -0.123. The smallest absolute Gasteiger partial charge is 0.338 e. The summed E-state index contributed by atoms with van der Waals surface area (Å²) in [5.41, 5.74) is 2.31. The number of benzene rings is 2. The molecule has 2 N–H and O–H groups in total. The van der Waals surface area contributed by atoms with Crippen LogP contribution in [0.5, 0.6) is 0 Å². The zero-order valence-corrected chi connectivity index (χ0v) is 14.1. The molecule has 1 atom stereocenters. The fraction of sp³-hybridized carbons (Fsp3) is 0.222. The molecule has 1 amide bonds. The molecule has 0 bridgehead atoms. The highest BCUT2D eigenvalue weighted by Crippen LogP contribution is 2.23. The van der Waals surface area contributed by atoms with Gasteiger partial charge >= 0.3 is 5.97 Å². The van der Waals surface area contributed by atoms with Gasteiger partial charge in [-0.05, 0) is 49.2 Å². The first-order valence-corrected chi connectivity index (χ1v) is 7.77. The van der Waals surface area contributed by atoms with E-state index >= 15 is 0 Å². The van der Waals surface area contributed by atoms with Gasteiger partial charge in [-0.3, -0.25) is 4.79 Å². The summed E-state index contributed by atoms with van der Waals surface area (Å²) in [6, 6.07) is 11.5. The van der Waals surface area contributed by atoms with Crippen LogP contribution >= 0.6 is 11.6 Å². The summed E-state index contributed by atoms with van der Waals surface area (Å²) in [6.45, 7) is 3.18. The third-order valence-corrected chi connectivity index (χ3v) is 3.96. The Morgan fingerprint density at radius 2 is 1.88 bits per heavy atom. The van der Waals surface area contributed by atoms with Crippen molar-refractivity contribution in [2.75, 3.05) is 5.32 Å². The number of nitrogens with one attached hydrogen (secondary N) is 1. The maximum atomic E-state index is 12.2. The van der Waals surface area contributed by atoms with E-state index in [-0.39, 0.29) is 6.61 Å². The van der Waals surface area contributed by atoms with E-state index in [1.807, 2.05) is 0 Å². The summed E-state index contributed by atoms with van der Waals surface area (Å²) in [5, 5.41) is 12.2. The highest BCUT2D eigenvalue weighted by atomic mass is 35.5. The molecule has 0 saturated carbocycles. The van der Waals surface area contributed by atoms with Gasteiger partial charge in [0.15, 0.2) is 6.10 Å². The van der Waals surface area contributed by atoms with E-state index < -0.39 is 18.0 Å². The molecule has 24 heavy (non-hydrogen) atoms. The standard InChI is InChI=1S/C18H18ClNO4/c1-11-15(19)4-3-5-16(11)20-17(22)12(2)24-18(23)14-8-6-13(10-21)7-9-14/h3-9,12,21H,10H2,1-2H3,(H,20,22)/t12-/m0/s1. The molecule has 0 unspecified atom stereocenters. The van der Waals surface area contributed by atoms with Gasteiger partial charge in [-0.1, -0.05) is 29.8 Å². The van der Waals surface area contributed by atoms with Crippen LogP contribution in [0.2, 0.25) is 5.02 Å². The second-order valence-electron chi connectivity index (χ2n) is 5.30. The predicted molar refractivity (Wildman–Crippen MR) is 92.1 cm³/mol. The first-order valence-electron chi connectivity index (χ1n) is 7.39. The van der Waals surface area contributed by atoms with E-state index in [4.69, 9.17) is 21.4 Å². The van der Waals surface area contributed by atoms with Crippen LogP contribution in [-0.2, 0) is 16.1 Å². The normalized spacial score (nSPS) is 11.7. The van der Waals surface area contributed by atoms with Gasteiger partial charge in [-0.2, -0.15) is 0 Å². The largest absolute Gasteiger partial charge is 0.449 e. The SMILES string of the molecule is Cc1c(Cl)cccc1NC(=O)[C@H](C)OC(=O)c1ccc(CO)cc1. The van der Waals surface area contributed by atoms with Crippen molar-refractivity contribution < 1.29 is 19.4 Å². The van der Waals surface area contributed by atoms with Crippen molar-refractivity contribution >= 4 is 29.2 Å². The number of carbonyl (C=O) groups excluding carboxylic acids is 2. The number of hydrogen-bond donors (Lipinski definition) is 2. The van der Waals surface area contributed by atoms with E-state index in [9.17, 15) is 9.59 Å². The Bertz CT molecular complexity index is 743. The molecular formula is C18H18ClNO4. The minimum Gasteiger partial charge on any atom is -0.449 e. The number of esters is 1. The monoisotopic (exact) mass is 347 g/mol. The minimum atomic E-state index is -0.964. The third-order valence-electron chi connectivity index (χ3n) is 3.55. The highest BCUT2D eigenvalue weighted by molar-refractivity contribution is 6.31. The molecular weight excluding hydrogens is 330 g/mol. The lowest BCUT2D eigenvalue weighted by atomic mass is 10.1. The van der Waals surface area contributed by atoms with Crippen molar-refractivity contribution in [2.45, 2.75) is 26.6 Å². The first kappa shape index (κ1) is 18.0. The Morgan fingerprint density at radius 3 is 2.50 bits per heavy atom. The van der Waals surface area contributed by atoms with E-state index in [1.54, 1.807) is 49.4 Å². The molecule has 0 heterocycles. The van der Waals surface area contributed by atoms with Crippen molar-refractivity contribution in [2.24, 2.45) is 0 Å². The average molecular weight is 348 g/mol. The van der Waals surface area contributed by atoms with Gasteiger partial charge < -0.3 is 15.2 Å². The van der Waals surface area contributed by atoms with Gasteiger partial charge in [0, 0.05) is 10.7 Å². The van der Waals surface area contributed by atoms with Gasteiger partial charge in [0.2, 0.25) is 0 Å². The molecule has 0 spiro atoms. The van der Waals surface area contributed by atoms with Crippen LogP contribution in [0.4, 0.5) is 5.69 Å². The van der Waals surface area contributed by atoms with Gasteiger partial charge in [0.1, 0.15) is 0 Å². The number of aliphatic hydroxyl groups is 1. The summed E-state index contributed by atoms with van der Waals surface area (Å²) in [5.74, 6) is -1.05. The maximum absolute atomic E-state index is 12.2. The lowest BCUT2D eigenvalue weighted by Gasteiger charge is -2.15. The Hall–Kier alpha value is -2.37. The molecule has 0 fully saturated rings. The Kier molecular flexibility index (Phi) is 5.95. The van der Waals surface area contributed by atoms with E-state index in [0.717, 1.165) is 5.56 Å². The first-order chi connectivity index (χ1) is 11.4. The van der Waals surface area contributed by atoms with Crippen LogP contribution in [0.25, 0.3) is 0 Å². The van der Waals surface area contributed by atoms with E-state index in [0.29, 0.717) is 21.8 Å². The predicted octanol–water partition coefficient (Wildman–Crippen LogP) is 3.32. The fourth-order valence-corrected chi connectivity index (χ4v) is 2.18. The highest BCUT2D eigenvalue weighted by Gasteiger charge is 2.19. The maximum Gasteiger partial charge on any atom is 0.338 e. The molecule has 0 aliphatic carbocycles. The second-order valence-corrected chi connectivity index (χ2v) is 5.71. The van der Waals surface area contributed by atoms with E-state index in [1.165, 1.54) is 6.92 Å². The number of halogens is 1. The Balaban J connectivity index is 2.00. The van der Waals surface area contributed by atoms with Crippen LogP contribution in [0.1, 0.15) is 28.4 Å². The topological polar surface area (TPSA) is 75.6 Å². The van der Waals surface area contributed by atoms with Crippen LogP contribution in [0, 0.1) is 6.92 Å². The number of anilines is 1. The van der Waals surface area contributed by atoms with Gasteiger partial charge in [-0.25, -0.2) is 4.79 Å². The number of rotatable bonds is 5. The van der Waals surface area contributed by atoms with Gasteiger partial charge in [-0.15, -0.1) is 0 Å². The summed E-state index contributed by atoms with van der Waals surface area (Å²) >= 11 is 6.01.